The summed E-state index contributed by atoms with van der Waals surface area (Å²) in [7, 11) is 1.82. The summed E-state index contributed by atoms with van der Waals surface area (Å²) in [6.07, 6.45) is 0. The third kappa shape index (κ3) is 4.14. The van der Waals surface area contributed by atoms with E-state index in [2.05, 4.69) is 48.0 Å². The van der Waals surface area contributed by atoms with Gasteiger partial charge in [0.25, 0.3) is 5.91 Å². The van der Waals surface area contributed by atoms with E-state index in [1.165, 1.54) is 17.0 Å². The Morgan fingerprint density at radius 1 is 1.08 bits per heavy atom. The first-order chi connectivity index (χ1) is 12.6. The molecule has 26 heavy (non-hydrogen) atoms. The van der Waals surface area contributed by atoms with Gasteiger partial charge in [-0.1, -0.05) is 12.1 Å². The molecule has 0 aliphatic rings. The molecule has 0 N–H and O–H groups in total. The van der Waals surface area contributed by atoms with Crippen LogP contribution in [0.5, 0.6) is 0 Å². The molecule has 0 unspecified atom stereocenters. The van der Waals surface area contributed by atoms with Crippen LogP contribution in [0.2, 0.25) is 0 Å². The zero-order valence-electron chi connectivity index (χ0n) is 15.3. The Labute approximate surface area is 162 Å². The molecule has 6 heteroatoms. The summed E-state index contributed by atoms with van der Waals surface area (Å²) in [6.45, 7) is 6.86. The minimum atomic E-state index is -0.0458. The second-order valence-corrected chi connectivity index (χ2v) is 7.69. The van der Waals surface area contributed by atoms with Crippen molar-refractivity contribution in [1.29, 1.82) is 0 Å². The van der Waals surface area contributed by atoms with Gasteiger partial charge in [0.2, 0.25) is 0 Å². The number of thiazole rings is 1. The molecule has 2 aromatic heterocycles. The number of hydrogen-bond donors (Lipinski definition) is 0. The van der Waals surface area contributed by atoms with Crippen molar-refractivity contribution in [1.82, 2.24) is 9.88 Å². The standard InChI is InChI=1S/C20H23N3OS2/c1-4-23(5-2)17-8-6-15(7-9-17)12-22(3)20(24)18-14-26-19(21-18)16-10-11-25-13-16/h6-11,13-14H,4-5,12H2,1-3H3. The van der Waals surface area contributed by atoms with Crippen molar-refractivity contribution in [3.63, 3.8) is 0 Å². The molecular formula is C20H23N3OS2. The number of benzene rings is 1. The van der Waals surface area contributed by atoms with Gasteiger partial charge in [-0.05, 0) is 43.0 Å². The summed E-state index contributed by atoms with van der Waals surface area (Å²) in [5.41, 5.74) is 3.92. The van der Waals surface area contributed by atoms with Crippen LogP contribution < -0.4 is 4.90 Å². The van der Waals surface area contributed by atoms with Gasteiger partial charge in [-0.25, -0.2) is 4.98 Å². The second-order valence-electron chi connectivity index (χ2n) is 6.05. The quantitative estimate of drug-likeness (QED) is 0.575. The third-order valence-electron chi connectivity index (χ3n) is 4.32. The molecule has 0 fully saturated rings. The summed E-state index contributed by atoms with van der Waals surface area (Å²) in [5, 5.41) is 6.81. The highest BCUT2D eigenvalue weighted by Crippen LogP contribution is 2.26. The molecule has 0 spiro atoms. The van der Waals surface area contributed by atoms with E-state index >= 15 is 0 Å². The van der Waals surface area contributed by atoms with Crippen LogP contribution in [0.15, 0.2) is 46.5 Å². The van der Waals surface area contributed by atoms with E-state index in [0.717, 1.165) is 29.2 Å². The molecule has 0 aliphatic heterocycles. The zero-order chi connectivity index (χ0) is 18.5. The average Bonchev–Trinajstić information content (AvgIpc) is 3.35. The fraction of sp³-hybridized carbons (Fsp3) is 0.300. The van der Waals surface area contributed by atoms with Gasteiger partial charge < -0.3 is 9.80 Å². The third-order valence-corrected chi connectivity index (χ3v) is 5.90. The molecule has 2 heterocycles. The average molecular weight is 386 g/mol. The van der Waals surface area contributed by atoms with Crippen molar-refractivity contribution < 1.29 is 4.79 Å². The second kappa shape index (κ2) is 8.47. The Morgan fingerprint density at radius 3 is 2.42 bits per heavy atom. The number of anilines is 1. The zero-order valence-corrected chi connectivity index (χ0v) is 16.9. The van der Waals surface area contributed by atoms with E-state index in [4.69, 9.17) is 0 Å². The fourth-order valence-electron chi connectivity index (χ4n) is 2.83. The summed E-state index contributed by atoms with van der Waals surface area (Å²) in [5.74, 6) is -0.0458. The first-order valence-corrected chi connectivity index (χ1v) is 10.5. The summed E-state index contributed by atoms with van der Waals surface area (Å²) >= 11 is 3.15. The van der Waals surface area contributed by atoms with Crippen LogP contribution in [0.4, 0.5) is 5.69 Å². The molecule has 0 atom stereocenters. The van der Waals surface area contributed by atoms with E-state index in [9.17, 15) is 4.79 Å². The largest absolute Gasteiger partial charge is 0.372 e. The minimum absolute atomic E-state index is 0.0458. The summed E-state index contributed by atoms with van der Waals surface area (Å²) in [6, 6.07) is 10.5. The van der Waals surface area contributed by atoms with E-state index in [-0.39, 0.29) is 5.91 Å². The van der Waals surface area contributed by atoms with Crippen molar-refractivity contribution >= 4 is 34.3 Å². The molecule has 0 radical (unpaired) electrons. The number of carbonyl (C=O) groups is 1. The first kappa shape index (κ1) is 18.6. The van der Waals surface area contributed by atoms with Gasteiger partial charge in [-0.15, -0.1) is 11.3 Å². The van der Waals surface area contributed by atoms with Gasteiger partial charge in [-0.2, -0.15) is 11.3 Å². The maximum Gasteiger partial charge on any atom is 0.273 e. The van der Waals surface area contributed by atoms with Gasteiger partial charge in [-0.3, -0.25) is 4.79 Å². The Balaban J connectivity index is 1.66. The lowest BCUT2D eigenvalue weighted by Crippen LogP contribution is -2.26. The van der Waals surface area contributed by atoms with E-state index < -0.39 is 0 Å². The van der Waals surface area contributed by atoms with Gasteiger partial charge in [0.15, 0.2) is 0 Å². The number of aromatic nitrogens is 1. The lowest BCUT2D eigenvalue weighted by Gasteiger charge is -2.22. The van der Waals surface area contributed by atoms with Gasteiger partial charge in [0, 0.05) is 48.7 Å². The number of rotatable bonds is 7. The van der Waals surface area contributed by atoms with Crippen molar-refractivity contribution in [2.24, 2.45) is 0 Å². The Bertz CT molecular complexity index is 836. The topological polar surface area (TPSA) is 36.4 Å². The molecule has 4 nitrogen and oxygen atoms in total. The van der Waals surface area contributed by atoms with Crippen molar-refractivity contribution in [2.45, 2.75) is 20.4 Å². The van der Waals surface area contributed by atoms with Crippen LogP contribution in [-0.4, -0.2) is 35.9 Å². The normalized spacial score (nSPS) is 10.7. The Morgan fingerprint density at radius 2 is 1.81 bits per heavy atom. The molecule has 1 aromatic carbocycles. The Kier molecular flexibility index (Phi) is 6.06. The summed E-state index contributed by atoms with van der Waals surface area (Å²) < 4.78 is 0. The van der Waals surface area contributed by atoms with Crippen LogP contribution in [0, 0.1) is 0 Å². The monoisotopic (exact) mass is 385 g/mol. The maximum atomic E-state index is 12.7. The van der Waals surface area contributed by atoms with Crippen molar-refractivity contribution in [3.05, 3.63) is 57.7 Å². The molecule has 1 amide bonds. The highest BCUT2D eigenvalue weighted by molar-refractivity contribution is 7.14. The molecule has 0 bridgehead atoms. The number of nitrogens with zero attached hydrogens (tertiary/aromatic N) is 3. The smallest absolute Gasteiger partial charge is 0.273 e. The minimum Gasteiger partial charge on any atom is -0.372 e. The molecule has 136 valence electrons. The van der Waals surface area contributed by atoms with Crippen LogP contribution in [0.3, 0.4) is 0 Å². The lowest BCUT2D eigenvalue weighted by atomic mass is 10.2. The fourth-order valence-corrected chi connectivity index (χ4v) is 4.34. The summed E-state index contributed by atoms with van der Waals surface area (Å²) in [4.78, 5) is 21.2. The van der Waals surface area contributed by atoms with E-state index in [1.54, 1.807) is 16.2 Å². The highest BCUT2D eigenvalue weighted by atomic mass is 32.1. The van der Waals surface area contributed by atoms with Crippen LogP contribution in [-0.2, 0) is 6.54 Å². The first-order valence-electron chi connectivity index (χ1n) is 8.69. The Hall–Kier alpha value is -2.18. The predicted molar refractivity (Wildman–Crippen MR) is 111 cm³/mol. The van der Waals surface area contributed by atoms with Gasteiger partial charge in [0.1, 0.15) is 10.7 Å². The number of hydrogen-bond acceptors (Lipinski definition) is 5. The van der Waals surface area contributed by atoms with Crippen LogP contribution in [0.25, 0.3) is 10.6 Å². The van der Waals surface area contributed by atoms with E-state index in [0.29, 0.717) is 12.2 Å². The van der Waals surface area contributed by atoms with Crippen molar-refractivity contribution in [2.75, 3.05) is 25.0 Å². The predicted octanol–water partition coefficient (Wildman–Crippen LogP) is 4.99. The van der Waals surface area contributed by atoms with Gasteiger partial charge in [0.05, 0.1) is 0 Å². The van der Waals surface area contributed by atoms with Crippen LogP contribution in [0.1, 0.15) is 29.9 Å². The number of carbonyl (C=O) groups excluding carboxylic acids is 1. The van der Waals surface area contributed by atoms with Crippen molar-refractivity contribution in [3.8, 4) is 10.6 Å². The molecule has 0 aliphatic carbocycles. The molecule has 0 saturated carbocycles. The molecule has 3 rings (SSSR count). The molecular weight excluding hydrogens is 362 g/mol. The SMILES string of the molecule is CCN(CC)c1ccc(CN(C)C(=O)c2csc(-c3ccsc3)n2)cc1. The highest BCUT2D eigenvalue weighted by Gasteiger charge is 2.16. The van der Waals surface area contributed by atoms with E-state index in [1.807, 2.05) is 29.3 Å². The lowest BCUT2D eigenvalue weighted by molar-refractivity contribution is 0.0780. The number of thiophene rings is 1. The molecule has 0 saturated heterocycles. The van der Waals surface area contributed by atoms with Gasteiger partial charge >= 0.3 is 0 Å². The van der Waals surface area contributed by atoms with Crippen LogP contribution >= 0.6 is 22.7 Å². The number of amides is 1. The maximum absolute atomic E-state index is 12.7. The molecule has 3 aromatic rings.